The van der Waals surface area contributed by atoms with Crippen molar-refractivity contribution in [3.05, 3.63) is 41.1 Å². The van der Waals surface area contributed by atoms with Crippen LogP contribution in [0.5, 0.6) is 0 Å². The number of rotatable bonds is 3. The van der Waals surface area contributed by atoms with Crippen LogP contribution in [0.3, 0.4) is 0 Å². The number of hydrogen-bond donors (Lipinski definition) is 1. The van der Waals surface area contributed by atoms with E-state index in [-0.39, 0.29) is 12.4 Å². The van der Waals surface area contributed by atoms with Crippen molar-refractivity contribution in [1.29, 1.82) is 0 Å². The normalized spacial score (nSPS) is 16.3. The van der Waals surface area contributed by atoms with Gasteiger partial charge in [0.1, 0.15) is 5.82 Å². The van der Waals surface area contributed by atoms with Crippen LogP contribution in [-0.2, 0) is 0 Å². The van der Waals surface area contributed by atoms with Crippen LogP contribution >= 0.6 is 0 Å². The molecule has 1 aromatic carbocycles. The number of aliphatic hydroxyl groups excluding tert-OH is 1. The predicted octanol–water partition coefficient (Wildman–Crippen LogP) is 2.64. The van der Waals surface area contributed by atoms with Crippen molar-refractivity contribution < 1.29 is 9.50 Å². The molecular formula is C12H14FO. The van der Waals surface area contributed by atoms with Crippen molar-refractivity contribution in [3.63, 3.8) is 0 Å². The van der Waals surface area contributed by atoms with E-state index < -0.39 is 0 Å². The van der Waals surface area contributed by atoms with Gasteiger partial charge in [-0.1, -0.05) is 19.1 Å². The van der Waals surface area contributed by atoms with Gasteiger partial charge in [-0.3, -0.25) is 0 Å². The van der Waals surface area contributed by atoms with E-state index in [4.69, 9.17) is 5.11 Å². The van der Waals surface area contributed by atoms with Gasteiger partial charge in [-0.2, -0.15) is 0 Å². The number of halogens is 1. The highest BCUT2D eigenvalue weighted by Crippen LogP contribution is 2.41. The van der Waals surface area contributed by atoms with E-state index in [2.05, 4.69) is 0 Å². The molecule has 1 aliphatic carbocycles. The molecule has 1 N–H and O–H groups in total. The van der Waals surface area contributed by atoms with Gasteiger partial charge >= 0.3 is 0 Å². The van der Waals surface area contributed by atoms with Crippen LogP contribution in [0.15, 0.2) is 18.2 Å². The molecule has 0 atom stereocenters. The van der Waals surface area contributed by atoms with Gasteiger partial charge in [0.15, 0.2) is 0 Å². The molecule has 0 spiro atoms. The van der Waals surface area contributed by atoms with E-state index >= 15 is 0 Å². The van der Waals surface area contributed by atoms with Crippen molar-refractivity contribution in [2.75, 3.05) is 6.61 Å². The standard InChI is InChI=1S/C12H14FO/c1-8(7-14)10-4-5-11(9-2-3-9)12(13)6-10/h4-6,9,14H,2-3,7H2,1H3. The summed E-state index contributed by atoms with van der Waals surface area (Å²) >= 11 is 0. The highest BCUT2D eigenvalue weighted by atomic mass is 19.1. The quantitative estimate of drug-likeness (QED) is 0.782. The summed E-state index contributed by atoms with van der Waals surface area (Å²) in [4.78, 5) is 0. The van der Waals surface area contributed by atoms with Crippen LogP contribution in [0.1, 0.15) is 36.8 Å². The maximum absolute atomic E-state index is 13.5. The van der Waals surface area contributed by atoms with E-state index in [9.17, 15) is 4.39 Å². The smallest absolute Gasteiger partial charge is 0.126 e. The minimum atomic E-state index is -0.127. The Kier molecular flexibility index (Phi) is 2.55. The fourth-order valence-corrected chi connectivity index (χ4v) is 1.61. The minimum absolute atomic E-state index is 0.0117. The van der Waals surface area contributed by atoms with E-state index in [1.165, 1.54) is 6.07 Å². The Hall–Kier alpha value is -0.890. The first kappa shape index (κ1) is 9.66. The lowest BCUT2D eigenvalue weighted by Gasteiger charge is -2.09. The molecule has 0 bridgehead atoms. The van der Waals surface area contributed by atoms with Gasteiger partial charge in [-0.05, 0) is 36.0 Å². The zero-order valence-corrected chi connectivity index (χ0v) is 8.26. The van der Waals surface area contributed by atoms with Crippen molar-refractivity contribution >= 4 is 0 Å². The second-order valence-electron chi connectivity index (χ2n) is 3.95. The van der Waals surface area contributed by atoms with Crippen LogP contribution in [-0.4, -0.2) is 11.7 Å². The molecule has 0 aliphatic heterocycles. The Bertz CT molecular complexity index is 331. The molecule has 2 heteroatoms. The lowest BCUT2D eigenvalue weighted by Crippen LogP contribution is -2.01. The second-order valence-corrected chi connectivity index (χ2v) is 3.95. The Morgan fingerprint density at radius 1 is 1.50 bits per heavy atom. The number of aliphatic hydroxyl groups is 1. The Morgan fingerprint density at radius 3 is 2.71 bits per heavy atom. The molecule has 14 heavy (non-hydrogen) atoms. The first-order valence-electron chi connectivity index (χ1n) is 4.95. The second kappa shape index (κ2) is 3.70. The number of benzene rings is 1. The SMILES string of the molecule is C[C](CO)c1ccc(C2CC2)c(F)c1. The third-order valence-corrected chi connectivity index (χ3v) is 2.75. The van der Waals surface area contributed by atoms with Gasteiger partial charge in [0.05, 0.1) is 6.61 Å². The molecule has 1 saturated carbocycles. The summed E-state index contributed by atoms with van der Waals surface area (Å²) in [5.74, 6) is 1.13. The van der Waals surface area contributed by atoms with Crippen molar-refractivity contribution in [2.24, 2.45) is 0 Å². The highest BCUT2D eigenvalue weighted by Gasteiger charge is 2.26. The number of hydrogen-bond acceptors (Lipinski definition) is 1. The van der Waals surface area contributed by atoms with E-state index in [0.717, 1.165) is 29.9 Å². The molecule has 1 nitrogen and oxygen atoms in total. The average molecular weight is 193 g/mol. The summed E-state index contributed by atoms with van der Waals surface area (Å²) in [5.41, 5.74) is 1.63. The molecular weight excluding hydrogens is 179 g/mol. The fraction of sp³-hybridized carbons (Fsp3) is 0.417. The lowest BCUT2D eigenvalue weighted by molar-refractivity contribution is 0.315. The summed E-state index contributed by atoms with van der Waals surface area (Å²) in [7, 11) is 0. The summed E-state index contributed by atoms with van der Waals surface area (Å²) in [6.07, 6.45) is 2.22. The Morgan fingerprint density at radius 2 is 2.21 bits per heavy atom. The molecule has 0 amide bonds. The molecule has 1 fully saturated rings. The summed E-state index contributed by atoms with van der Waals surface area (Å²) in [6, 6.07) is 5.27. The molecule has 2 rings (SSSR count). The van der Waals surface area contributed by atoms with Gasteiger partial charge in [-0.25, -0.2) is 4.39 Å². The summed E-state index contributed by atoms with van der Waals surface area (Å²) in [6.45, 7) is 1.80. The summed E-state index contributed by atoms with van der Waals surface area (Å²) in [5, 5.41) is 8.91. The van der Waals surface area contributed by atoms with Crippen LogP contribution in [0.25, 0.3) is 0 Å². The van der Waals surface area contributed by atoms with Crippen molar-refractivity contribution in [3.8, 4) is 0 Å². The van der Waals surface area contributed by atoms with Gasteiger partial charge in [0.25, 0.3) is 0 Å². The van der Waals surface area contributed by atoms with Gasteiger partial charge in [-0.15, -0.1) is 0 Å². The van der Waals surface area contributed by atoms with Crippen molar-refractivity contribution in [1.82, 2.24) is 0 Å². The molecule has 0 heterocycles. The molecule has 1 aliphatic rings. The molecule has 1 radical (unpaired) electrons. The average Bonchev–Trinajstić information content (AvgIpc) is 3.00. The Balaban J connectivity index is 2.25. The van der Waals surface area contributed by atoms with Gasteiger partial charge in [0.2, 0.25) is 0 Å². The van der Waals surface area contributed by atoms with Crippen LogP contribution in [0.4, 0.5) is 4.39 Å². The van der Waals surface area contributed by atoms with E-state index in [0.29, 0.717) is 5.92 Å². The zero-order valence-electron chi connectivity index (χ0n) is 8.26. The van der Waals surface area contributed by atoms with Crippen LogP contribution in [0.2, 0.25) is 0 Å². The third kappa shape index (κ3) is 1.80. The molecule has 75 valence electrons. The lowest BCUT2D eigenvalue weighted by atomic mass is 9.99. The first-order chi connectivity index (χ1) is 6.72. The Labute approximate surface area is 83.6 Å². The maximum Gasteiger partial charge on any atom is 0.126 e. The minimum Gasteiger partial charge on any atom is -0.395 e. The van der Waals surface area contributed by atoms with Gasteiger partial charge in [0, 0.05) is 5.92 Å². The highest BCUT2D eigenvalue weighted by molar-refractivity contribution is 5.36. The fourth-order valence-electron chi connectivity index (χ4n) is 1.61. The largest absolute Gasteiger partial charge is 0.395 e. The molecule has 1 aromatic rings. The maximum atomic E-state index is 13.5. The molecule has 0 saturated heterocycles. The topological polar surface area (TPSA) is 20.2 Å². The molecule has 0 unspecified atom stereocenters. The summed E-state index contributed by atoms with van der Waals surface area (Å²) < 4.78 is 13.5. The zero-order chi connectivity index (χ0) is 10.1. The predicted molar refractivity (Wildman–Crippen MR) is 53.5 cm³/mol. The molecule has 0 aromatic heterocycles. The first-order valence-corrected chi connectivity index (χ1v) is 4.95. The van der Waals surface area contributed by atoms with E-state index in [1.54, 1.807) is 0 Å². The van der Waals surface area contributed by atoms with Crippen LogP contribution in [0, 0.1) is 11.7 Å². The third-order valence-electron chi connectivity index (χ3n) is 2.75. The van der Waals surface area contributed by atoms with Gasteiger partial charge < -0.3 is 5.11 Å². The van der Waals surface area contributed by atoms with Crippen LogP contribution < -0.4 is 0 Å². The van der Waals surface area contributed by atoms with E-state index in [1.807, 2.05) is 19.1 Å². The monoisotopic (exact) mass is 193 g/mol. The van der Waals surface area contributed by atoms with Crippen molar-refractivity contribution in [2.45, 2.75) is 25.7 Å².